The summed E-state index contributed by atoms with van der Waals surface area (Å²) in [6, 6.07) is 0. The zero-order valence-electron chi connectivity index (χ0n) is 8.44. The second kappa shape index (κ2) is 4.30. The Morgan fingerprint density at radius 3 is 3.13 bits per heavy atom. The predicted molar refractivity (Wildman–Crippen MR) is 49.9 cm³/mol. The van der Waals surface area contributed by atoms with Crippen LogP contribution >= 0.6 is 0 Å². The van der Waals surface area contributed by atoms with Crippen molar-refractivity contribution in [1.29, 1.82) is 0 Å². The van der Waals surface area contributed by atoms with Gasteiger partial charge >= 0.3 is 5.97 Å². The fourth-order valence-corrected chi connectivity index (χ4v) is 1.65. The zero-order chi connectivity index (χ0) is 10.7. The summed E-state index contributed by atoms with van der Waals surface area (Å²) in [5, 5.41) is 0. The first kappa shape index (κ1) is 10.6. The monoisotopic (exact) mass is 214 g/mol. The SMILES string of the molecule is C=CC(=O)OCC1COC2(CCCO2)O1. The Morgan fingerprint density at radius 1 is 1.60 bits per heavy atom. The highest BCUT2D eigenvalue weighted by molar-refractivity contribution is 5.81. The molecule has 2 atom stereocenters. The maximum Gasteiger partial charge on any atom is 0.330 e. The third-order valence-electron chi connectivity index (χ3n) is 2.36. The van der Waals surface area contributed by atoms with E-state index in [1.54, 1.807) is 0 Å². The second-order valence-electron chi connectivity index (χ2n) is 3.52. The van der Waals surface area contributed by atoms with Crippen LogP contribution in [0.4, 0.5) is 0 Å². The second-order valence-corrected chi connectivity index (χ2v) is 3.52. The van der Waals surface area contributed by atoms with Gasteiger partial charge in [-0.3, -0.25) is 0 Å². The minimum atomic E-state index is -0.870. The van der Waals surface area contributed by atoms with Crippen molar-refractivity contribution in [1.82, 2.24) is 0 Å². The molecule has 2 saturated heterocycles. The van der Waals surface area contributed by atoms with Gasteiger partial charge in [0.1, 0.15) is 12.7 Å². The lowest BCUT2D eigenvalue weighted by Crippen LogP contribution is -2.30. The van der Waals surface area contributed by atoms with Crippen LogP contribution in [0.3, 0.4) is 0 Å². The molecular weight excluding hydrogens is 200 g/mol. The Kier molecular flexibility index (Phi) is 3.04. The molecule has 0 saturated carbocycles. The Balaban J connectivity index is 1.77. The molecule has 2 rings (SSSR count). The van der Waals surface area contributed by atoms with Gasteiger partial charge in [-0.15, -0.1) is 0 Å². The van der Waals surface area contributed by atoms with Gasteiger partial charge in [0.15, 0.2) is 0 Å². The van der Waals surface area contributed by atoms with Gasteiger partial charge in [-0.2, -0.15) is 0 Å². The predicted octanol–water partition coefficient (Wildman–Crippen LogP) is 0.595. The van der Waals surface area contributed by atoms with Crippen molar-refractivity contribution >= 4 is 5.97 Å². The van der Waals surface area contributed by atoms with E-state index in [9.17, 15) is 4.79 Å². The highest BCUT2D eigenvalue weighted by atomic mass is 16.9. The van der Waals surface area contributed by atoms with Crippen molar-refractivity contribution in [2.75, 3.05) is 19.8 Å². The Labute approximate surface area is 87.9 Å². The van der Waals surface area contributed by atoms with Crippen molar-refractivity contribution < 1.29 is 23.7 Å². The van der Waals surface area contributed by atoms with E-state index in [0.29, 0.717) is 13.2 Å². The first-order valence-electron chi connectivity index (χ1n) is 4.99. The standard InChI is InChI=1S/C10H14O5/c1-2-9(11)12-6-8-7-14-10(15-8)4-3-5-13-10/h2,8H,1,3-7H2. The molecule has 5 nitrogen and oxygen atoms in total. The molecule has 0 aliphatic carbocycles. The van der Waals surface area contributed by atoms with Gasteiger partial charge in [-0.1, -0.05) is 6.58 Å². The molecule has 2 aliphatic rings. The average molecular weight is 214 g/mol. The third-order valence-corrected chi connectivity index (χ3v) is 2.36. The van der Waals surface area contributed by atoms with Crippen LogP contribution in [0, 0.1) is 0 Å². The number of hydrogen-bond donors (Lipinski definition) is 0. The minimum Gasteiger partial charge on any atom is -0.460 e. The molecule has 0 amide bonds. The quantitative estimate of drug-likeness (QED) is 0.508. The number of carbonyl (C=O) groups is 1. The Bertz CT molecular complexity index is 257. The molecule has 1 spiro atoms. The lowest BCUT2D eigenvalue weighted by molar-refractivity contribution is -0.314. The maximum atomic E-state index is 10.8. The molecule has 2 fully saturated rings. The Hall–Kier alpha value is -0.910. The summed E-state index contributed by atoms with van der Waals surface area (Å²) in [6.45, 7) is 4.53. The van der Waals surface area contributed by atoms with Crippen molar-refractivity contribution in [3.05, 3.63) is 12.7 Å². The van der Waals surface area contributed by atoms with Crippen LogP contribution < -0.4 is 0 Å². The summed E-state index contributed by atoms with van der Waals surface area (Å²) in [7, 11) is 0. The molecule has 0 bridgehead atoms. The summed E-state index contributed by atoms with van der Waals surface area (Å²) >= 11 is 0. The smallest absolute Gasteiger partial charge is 0.330 e. The van der Waals surface area contributed by atoms with E-state index in [0.717, 1.165) is 18.9 Å². The van der Waals surface area contributed by atoms with Gasteiger partial charge in [-0.05, 0) is 6.42 Å². The van der Waals surface area contributed by atoms with E-state index in [1.165, 1.54) is 0 Å². The van der Waals surface area contributed by atoms with Gasteiger partial charge in [-0.25, -0.2) is 4.79 Å². The fourth-order valence-electron chi connectivity index (χ4n) is 1.65. The van der Waals surface area contributed by atoms with E-state index < -0.39 is 11.9 Å². The number of esters is 1. The van der Waals surface area contributed by atoms with E-state index >= 15 is 0 Å². The van der Waals surface area contributed by atoms with Crippen LogP contribution in [0.5, 0.6) is 0 Å². The molecule has 0 aromatic heterocycles. The van der Waals surface area contributed by atoms with Crippen molar-refractivity contribution in [3.8, 4) is 0 Å². The van der Waals surface area contributed by atoms with Crippen molar-refractivity contribution in [2.24, 2.45) is 0 Å². The molecule has 0 aromatic carbocycles. The summed E-state index contributed by atoms with van der Waals surface area (Å²) < 4.78 is 21.2. The molecular formula is C10H14O5. The number of hydrogen-bond acceptors (Lipinski definition) is 5. The molecule has 0 radical (unpaired) electrons. The molecule has 2 unspecified atom stereocenters. The van der Waals surface area contributed by atoms with Crippen LogP contribution in [-0.4, -0.2) is 37.9 Å². The van der Waals surface area contributed by atoms with Gasteiger partial charge in [0, 0.05) is 12.5 Å². The van der Waals surface area contributed by atoms with Crippen LogP contribution in [0.15, 0.2) is 12.7 Å². The van der Waals surface area contributed by atoms with Crippen molar-refractivity contribution in [3.63, 3.8) is 0 Å². The molecule has 0 aromatic rings. The summed E-state index contributed by atoms with van der Waals surface area (Å²) in [6.07, 6.45) is 2.54. The molecule has 84 valence electrons. The summed E-state index contributed by atoms with van der Waals surface area (Å²) in [5.41, 5.74) is 0. The molecule has 15 heavy (non-hydrogen) atoms. The maximum absolute atomic E-state index is 10.8. The van der Waals surface area contributed by atoms with Gasteiger partial charge < -0.3 is 18.9 Å². The van der Waals surface area contributed by atoms with Gasteiger partial charge in [0.2, 0.25) is 0 Å². The summed E-state index contributed by atoms with van der Waals surface area (Å²) in [4.78, 5) is 10.8. The highest BCUT2D eigenvalue weighted by Crippen LogP contribution is 2.34. The van der Waals surface area contributed by atoms with E-state index in [-0.39, 0.29) is 12.7 Å². The van der Waals surface area contributed by atoms with Gasteiger partial charge in [0.25, 0.3) is 5.97 Å². The first-order chi connectivity index (χ1) is 7.24. The summed E-state index contributed by atoms with van der Waals surface area (Å²) in [5.74, 6) is -1.32. The van der Waals surface area contributed by atoms with E-state index in [2.05, 4.69) is 6.58 Å². The molecule has 0 N–H and O–H groups in total. The largest absolute Gasteiger partial charge is 0.460 e. The highest BCUT2D eigenvalue weighted by Gasteiger charge is 2.45. The number of rotatable bonds is 3. The van der Waals surface area contributed by atoms with Crippen LogP contribution in [-0.2, 0) is 23.7 Å². The molecule has 2 heterocycles. The van der Waals surface area contributed by atoms with Crippen LogP contribution in [0.25, 0.3) is 0 Å². The zero-order valence-corrected chi connectivity index (χ0v) is 8.44. The first-order valence-corrected chi connectivity index (χ1v) is 4.99. The third kappa shape index (κ3) is 2.37. The Morgan fingerprint density at radius 2 is 2.47 bits per heavy atom. The topological polar surface area (TPSA) is 54.0 Å². The molecule has 5 heteroatoms. The fraction of sp³-hybridized carbons (Fsp3) is 0.700. The minimum absolute atomic E-state index is 0.177. The number of ether oxygens (including phenoxy) is 4. The lowest BCUT2D eigenvalue weighted by atomic mass is 10.3. The normalized spacial score (nSPS) is 34.5. The van der Waals surface area contributed by atoms with Gasteiger partial charge in [0.05, 0.1) is 13.2 Å². The lowest BCUT2D eigenvalue weighted by Gasteiger charge is -2.20. The van der Waals surface area contributed by atoms with E-state index in [4.69, 9.17) is 18.9 Å². The molecule has 2 aliphatic heterocycles. The van der Waals surface area contributed by atoms with E-state index in [1.807, 2.05) is 0 Å². The average Bonchev–Trinajstić information content (AvgIpc) is 2.86. The van der Waals surface area contributed by atoms with Crippen LogP contribution in [0.2, 0.25) is 0 Å². The van der Waals surface area contributed by atoms with Crippen molar-refractivity contribution in [2.45, 2.75) is 24.9 Å². The van der Waals surface area contributed by atoms with Crippen LogP contribution in [0.1, 0.15) is 12.8 Å². The number of carbonyl (C=O) groups excluding carboxylic acids is 1.